The molecule has 3 rings (SSSR count). The number of halogens is 1. The maximum Gasteiger partial charge on any atom is 0.333 e. The van der Waals surface area contributed by atoms with Crippen molar-refractivity contribution in [2.75, 3.05) is 5.73 Å². The Labute approximate surface area is 112 Å². The number of aromatic amines is 1. The minimum Gasteiger partial charge on any atom is -0.398 e. The maximum absolute atomic E-state index is 13.1. The normalized spacial score (nSPS) is 10.8. The lowest BCUT2D eigenvalue weighted by molar-refractivity contribution is 0.0962. The average Bonchev–Trinajstić information content (AvgIpc) is 2.73. The topological polar surface area (TPSA) is 80.9 Å². The molecule has 0 aliphatic rings. The summed E-state index contributed by atoms with van der Waals surface area (Å²) in [6, 6.07) is 10.2. The molecular weight excluding hydrogens is 261 g/mol. The van der Waals surface area contributed by atoms with Crippen molar-refractivity contribution in [1.82, 2.24) is 9.55 Å². The van der Waals surface area contributed by atoms with Crippen LogP contribution in [0.1, 0.15) is 10.4 Å². The van der Waals surface area contributed by atoms with Crippen LogP contribution in [0.15, 0.2) is 47.3 Å². The van der Waals surface area contributed by atoms with Gasteiger partial charge in [0.25, 0.3) is 5.91 Å². The lowest BCUT2D eigenvalue weighted by Crippen LogP contribution is -2.25. The number of nitrogens with zero attached hydrogens (tertiary/aromatic N) is 1. The van der Waals surface area contributed by atoms with Crippen molar-refractivity contribution in [3.8, 4) is 0 Å². The molecule has 0 unspecified atom stereocenters. The summed E-state index contributed by atoms with van der Waals surface area (Å²) in [5.41, 5.74) is 6.19. The van der Waals surface area contributed by atoms with Gasteiger partial charge < -0.3 is 10.7 Å². The molecule has 20 heavy (non-hydrogen) atoms. The van der Waals surface area contributed by atoms with Crippen LogP contribution in [0.4, 0.5) is 10.1 Å². The summed E-state index contributed by atoms with van der Waals surface area (Å²) in [5.74, 6) is -1.04. The van der Waals surface area contributed by atoms with Crippen LogP contribution in [0.5, 0.6) is 0 Å². The van der Waals surface area contributed by atoms with Crippen molar-refractivity contribution in [2.45, 2.75) is 0 Å². The SMILES string of the molecule is Nc1ccccc1C(=O)n1c(=O)[nH]c2cc(F)ccc21. The number of nitrogens with two attached hydrogens (primary N) is 1. The number of aromatic nitrogens is 2. The first-order chi connectivity index (χ1) is 9.58. The van der Waals surface area contributed by atoms with E-state index in [9.17, 15) is 14.0 Å². The Morgan fingerprint density at radius 1 is 1.20 bits per heavy atom. The summed E-state index contributed by atoms with van der Waals surface area (Å²) in [7, 11) is 0. The molecule has 3 aromatic rings. The third-order valence-electron chi connectivity index (χ3n) is 3.04. The van der Waals surface area contributed by atoms with Gasteiger partial charge in [0, 0.05) is 5.69 Å². The van der Waals surface area contributed by atoms with Crippen LogP contribution in [-0.2, 0) is 0 Å². The number of carbonyl (C=O) groups is 1. The fraction of sp³-hybridized carbons (Fsp3) is 0. The molecule has 0 aliphatic heterocycles. The summed E-state index contributed by atoms with van der Waals surface area (Å²) in [5, 5.41) is 0. The first-order valence-electron chi connectivity index (χ1n) is 5.87. The number of hydrogen-bond acceptors (Lipinski definition) is 3. The van der Waals surface area contributed by atoms with E-state index in [-0.39, 0.29) is 16.8 Å². The van der Waals surface area contributed by atoms with Crippen molar-refractivity contribution in [3.63, 3.8) is 0 Å². The van der Waals surface area contributed by atoms with Crippen molar-refractivity contribution in [3.05, 3.63) is 64.3 Å². The third kappa shape index (κ3) is 1.78. The van der Waals surface area contributed by atoms with Crippen LogP contribution in [0.2, 0.25) is 0 Å². The average molecular weight is 271 g/mol. The highest BCUT2D eigenvalue weighted by atomic mass is 19.1. The summed E-state index contributed by atoms with van der Waals surface area (Å²) in [6.45, 7) is 0. The molecule has 0 atom stereocenters. The number of imidazole rings is 1. The Balaban J connectivity index is 2.25. The molecule has 2 aromatic carbocycles. The van der Waals surface area contributed by atoms with E-state index >= 15 is 0 Å². The second kappa shape index (κ2) is 4.34. The fourth-order valence-corrected chi connectivity index (χ4v) is 2.10. The molecule has 1 aromatic heterocycles. The zero-order chi connectivity index (χ0) is 14.3. The molecule has 6 heteroatoms. The number of nitrogen functional groups attached to an aromatic ring is 1. The van der Waals surface area contributed by atoms with E-state index in [2.05, 4.69) is 4.98 Å². The molecular formula is C14H10FN3O2. The van der Waals surface area contributed by atoms with E-state index in [1.54, 1.807) is 18.2 Å². The van der Waals surface area contributed by atoms with Crippen molar-refractivity contribution >= 4 is 22.6 Å². The fourth-order valence-electron chi connectivity index (χ4n) is 2.10. The number of benzene rings is 2. The molecule has 0 fully saturated rings. The van der Waals surface area contributed by atoms with E-state index in [1.807, 2.05) is 0 Å². The predicted octanol–water partition coefficient (Wildman–Crippen LogP) is 1.74. The molecule has 0 saturated carbocycles. The van der Waals surface area contributed by atoms with E-state index in [0.29, 0.717) is 5.52 Å². The molecule has 0 aliphatic carbocycles. The monoisotopic (exact) mass is 271 g/mol. The molecule has 5 nitrogen and oxygen atoms in total. The highest BCUT2D eigenvalue weighted by molar-refractivity contribution is 6.04. The van der Waals surface area contributed by atoms with Gasteiger partial charge in [-0.3, -0.25) is 4.79 Å². The quantitative estimate of drug-likeness (QED) is 0.661. The summed E-state index contributed by atoms with van der Waals surface area (Å²) >= 11 is 0. The standard InChI is InChI=1S/C14H10FN3O2/c15-8-5-6-12-11(7-8)17-14(20)18(12)13(19)9-3-1-2-4-10(9)16/h1-7H,16H2,(H,17,20). The Hall–Kier alpha value is -2.89. The van der Waals surface area contributed by atoms with E-state index < -0.39 is 17.4 Å². The lowest BCUT2D eigenvalue weighted by atomic mass is 10.1. The third-order valence-corrected chi connectivity index (χ3v) is 3.04. The number of carbonyl (C=O) groups excluding carboxylic acids is 1. The first-order valence-corrected chi connectivity index (χ1v) is 5.87. The molecule has 3 N–H and O–H groups in total. The molecule has 0 bridgehead atoms. The molecule has 1 heterocycles. The van der Waals surface area contributed by atoms with Gasteiger partial charge in [-0.25, -0.2) is 13.8 Å². The van der Waals surface area contributed by atoms with Gasteiger partial charge in [-0.2, -0.15) is 0 Å². The van der Waals surface area contributed by atoms with Crippen molar-refractivity contribution < 1.29 is 9.18 Å². The van der Waals surface area contributed by atoms with Gasteiger partial charge in [-0.15, -0.1) is 0 Å². The Bertz CT molecular complexity index is 880. The van der Waals surface area contributed by atoms with Crippen LogP contribution in [-0.4, -0.2) is 15.5 Å². The van der Waals surface area contributed by atoms with Gasteiger partial charge in [-0.1, -0.05) is 12.1 Å². The van der Waals surface area contributed by atoms with Gasteiger partial charge in [0.15, 0.2) is 0 Å². The molecule has 0 spiro atoms. The lowest BCUT2D eigenvalue weighted by Gasteiger charge is -2.05. The number of fused-ring (bicyclic) bond motifs is 1. The smallest absolute Gasteiger partial charge is 0.333 e. The van der Waals surface area contributed by atoms with Gasteiger partial charge in [0.1, 0.15) is 5.82 Å². The second-order valence-electron chi connectivity index (χ2n) is 4.32. The largest absolute Gasteiger partial charge is 0.398 e. The summed E-state index contributed by atoms with van der Waals surface area (Å²) < 4.78 is 14.1. The number of rotatable bonds is 1. The molecule has 0 radical (unpaired) electrons. The number of para-hydroxylation sites is 1. The van der Waals surface area contributed by atoms with E-state index in [1.165, 1.54) is 18.2 Å². The molecule has 0 amide bonds. The number of H-pyrrole nitrogens is 1. The van der Waals surface area contributed by atoms with Crippen molar-refractivity contribution in [2.24, 2.45) is 0 Å². The highest BCUT2D eigenvalue weighted by Gasteiger charge is 2.17. The summed E-state index contributed by atoms with van der Waals surface area (Å²) in [4.78, 5) is 26.8. The van der Waals surface area contributed by atoms with Gasteiger partial charge in [0.2, 0.25) is 0 Å². The van der Waals surface area contributed by atoms with Crippen LogP contribution in [0.3, 0.4) is 0 Å². The first kappa shape index (κ1) is 12.2. The van der Waals surface area contributed by atoms with Gasteiger partial charge >= 0.3 is 5.69 Å². The molecule has 100 valence electrons. The minimum atomic E-state index is -0.626. The van der Waals surface area contributed by atoms with Gasteiger partial charge in [-0.05, 0) is 30.3 Å². The Kier molecular flexibility index (Phi) is 2.64. The van der Waals surface area contributed by atoms with Crippen LogP contribution >= 0.6 is 0 Å². The van der Waals surface area contributed by atoms with Gasteiger partial charge in [0.05, 0.1) is 16.6 Å². The number of nitrogens with one attached hydrogen (secondary N) is 1. The minimum absolute atomic E-state index is 0.222. The highest BCUT2D eigenvalue weighted by Crippen LogP contribution is 2.16. The summed E-state index contributed by atoms with van der Waals surface area (Å²) in [6.07, 6.45) is 0. The van der Waals surface area contributed by atoms with E-state index in [4.69, 9.17) is 5.73 Å². The second-order valence-corrected chi connectivity index (χ2v) is 4.32. The van der Waals surface area contributed by atoms with Crippen LogP contribution in [0.25, 0.3) is 11.0 Å². The number of anilines is 1. The zero-order valence-electron chi connectivity index (χ0n) is 10.3. The predicted molar refractivity (Wildman–Crippen MR) is 73.1 cm³/mol. The Morgan fingerprint density at radius 2 is 1.95 bits per heavy atom. The van der Waals surface area contributed by atoms with Crippen LogP contribution < -0.4 is 11.4 Å². The zero-order valence-corrected chi connectivity index (χ0v) is 10.3. The van der Waals surface area contributed by atoms with Crippen LogP contribution in [0, 0.1) is 5.82 Å². The van der Waals surface area contributed by atoms with E-state index in [0.717, 1.165) is 10.6 Å². The van der Waals surface area contributed by atoms with Crippen molar-refractivity contribution in [1.29, 1.82) is 0 Å². The number of hydrogen-bond donors (Lipinski definition) is 2. The maximum atomic E-state index is 13.1. The Morgan fingerprint density at radius 3 is 2.70 bits per heavy atom. The molecule has 0 saturated heterocycles.